The van der Waals surface area contributed by atoms with Gasteiger partial charge >= 0.3 is 0 Å². The van der Waals surface area contributed by atoms with E-state index in [1.165, 1.54) is 17.7 Å². The number of carbonyl (C=O) groups excluding carboxylic acids is 1. The van der Waals surface area contributed by atoms with Crippen LogP contribution in [0.5, 0.6) is 0 Å². The quantitative estimate of drug-likeness (QED) is 0.839. The zero-order chi connectivity index (χ0) is 17.9. The van der Waals surface area contributed by atoms with E-state index in [-0.39, 0.29) is 10.8 Å². The summed E-state index contributed by atoms with van der Waals surface area (Å²) < 4.78 is 23.0. The van der Waals surface area contributed by atoms with Gasteiger partial charge in [-0.25, -0.2) is 8.42 Å². The Morgan fingerprint density at radius 1 is 0.920 bits per heavy atom. The highest BCUT2D eigenvalue weighted by atomic mass is 32.2. The van der Waals surface area contributed by atoms with E-state index in [1.54, 1.807) is 12.1 Å². The van der Waals surface area contributed by atoms with E-state index in [0.717, 1.165) is 25.9 Å². The zero-order valence-electron chi connectivity index (χ0n) is 14.3. The van der Waals surface area contributed by atoms with Crippen molar-refractivity contribution >= 4 is 15.7 Å². The van der Waals surface area contributed by atoms with E-state index in [2.05, 4.69) is 17.0 Å². The zero-order valence-corrected chi connectivity index (χ0v) is 15.1. The fourth-order valence-corrected chi connectivity index (χ4v) is 3.61. The van der Waals surface area contributed by atoms with Crippen LogP contribution >= 0.6 is 0 Å². The van der Waals surface area contributed by atoms with E-state index in [0.29, 0.717) is 18.7 Å². The van der Waals surface area contributed by atoms with E-state index in [4.69, 9.17) is 0 Å². The van der Waals surface area contributed by atoms with Crippen LogP contribution in [0, 0.1) is 0 Å². The fourth-order valence-electron chi connectivity index (χ4n) is 2.98. The summed E-state index contributed by atoms with van der Waals surface area (Å²) in [4.78, 5) is 17.0. The van der Waals surface area contributed by atoms with Gasteiger partial charge in [-0.1, -0.05) is 30.3 Å². The molecule has 0 spiro atoms. The second-order valence-corrected chi connectivity index (χ2v) is 8.37. The van der Waals surface area contributed by atoms with Gasteiger partial charge in [0.2, 0.25) is 0 Å². The Bertz CT molecular complexity index is 825. The highest BCUT2D eigenvalue weighted by Crippen LogP contribution is 2.14. The highest BCUT2D eigenvalue weighted by molar-refractivity contribution is 7.90. The summed E-state index contributed by atoms with van der Waals surface area (Å²) in [6, 6.07) is 16.5. The second-order valence-electron chi connectivity index (χ2n) is 6.35. The van der Waals surface area contributed by atoms with Crippen LogP contribution in [-0.2, 0) is 16.4 Å². The molecule has 25 heavy (non-hydrogen) atoms. The standard InChI is InChI=1S/C19H22N2O3S/c1-25(23,24)18-9-7-17(8-10-18)19(22)21-13-11-20(12-14-21)15-16-5-3-2-4-6-16/h2-10H,11-15H2,1H3. The number of benzene rings is 2. The van der Waals surface area contributed by atoms with Crippen LogP contribution in [0.15, 0.2) is 59.5 Å². The molecule has 1 saturated heterocycles. The summed E-state index contributed by atoms with van der Waals surface area (Å²) in [6.45, 7) is 3.93. The lowest BCUT2D eigenvalue weighted by atomic mass is 10.1. The molecule has 0 unspecified atom stereocenters. The van der Waals surface area contributed by atoms with Crippen LogP contribution in [0.25, 0.3) is 0 Å². The van der Waals surface area contributed by atoms with Crippen molar-refractivity contribution in [1.29, 1.82) is 0 Å². The van der Waals surface area contributed by atoms with Crippen molar-refractivity contribution in [2.75, 3.05) is 32.4 Å². The third-order valence-corrected chi connectivity index (χ3v) is 5.57. The molecule has 0 atom stereocenters. The molecule has 1 amide bonds. The molecule has 6 heteroatoms. The van der Waals surface area contributed by atoms with Gasteiger partial charge in [-0.05, 0) is 29.8 Å². The molecule has 2 aromatic rings. The molecule has 0 aliphatic carbocycles. The molecular weight excluding hydrogens is 336 g/mol. The van der Waals surface area contributed by atoms with Crippen LogP contribution in [0.1, 0.15) is 15.9 Å². The van der Waals surface area contributed by atoms with Gasteiger partial charge in [0.25, 0.3) is 5.91 Å². The van der Waals surface area contributed by atoms with Crippen molar-refractivity contribution in [3.05, 3.63) is 65.7 Å². The van der Waals surface area contributed by atoms with Gasteiger partial charge in [-0.15, -0.1) is 0 Å². The predicted molar refractivity (Wildman–Crippen MR) is 97.2 cm³/mol. The number of hydrogen-bond donors (Lipinski definition) is 0. The number of rotatable bonds is 4. The fraction of sp³-hybridized carbons (Fsp3) is 0.316. The van der Waals surface area contributed by atoms with Gasteiger partial charge in [-0.3, -0.25) is 9.69 Å². The molecule has 5 nitrogen and oxygen atoms in total. The van der Waals surface area contributed by atoms with Gasteiger partial charge < -0.3 is 4.90 Å². The number of piperazine rings is 1. The molecule has 1 heterocycles. The van der Waals surface area contributed by atoms with E-state index >= 15 is 0 Å². The average Bonchev–Trinajstić information content (AvgIpc) is 2.62. The van der Waals surface area contributed by atoms with Crippen LogP contribution < -0.4 is 0 Å². The summed E-state index contributed by atoms with van der Waals surface area (Å²) >= 11 is 0. The van der Waals surface area contributed by atoms with E-state index in [1.807, 2.05) is 23.1 Å². The first-order chi connectivity index (χ1) is 11.9. The number of carbonyl (C=O) groups is 1. The Labute approximate surface area is 148 Å². The number of amides is 1. The Kier molecular flexibility index (Phi) is 5.20. The molecule has 0 radical (unpaired) electrons. The lowest BCUT2D eigenvalue weighted by molar-refractivity contribution is 0.0628. The number of sulfone groups is 1. The summed E-state index contributed by atoms with van der Waals surface area (Å²) in [6.07, 6.45) is 1.16. The summed E-state index contributed by atoms with van der Waals surface area (Å²) in [5.74, 6) is -0.0422. The van der Waals surface area contributed by atoms with Crippen molar-refractivity contribution in [2.24, 2.45) is 0 Å². The van der Waals surface area contributed by atoms with Gasteiger partial charge in [0, 0.05) is 44.5 Å². The molecule has 1 aliphatic heterocycles. The Hall–Kier alpha value is -2.18. The SMILES string of the molecule is CS(=O)(=O)c1ccc(C(=O)N2CCN(Cc3ccccc3)CC2)cc1. The molecule has 0 aromatic heterocycles. The molecule has 0 N–H and O–H groups in total. The third-order valence-electron chi connectivity index (χ3n) is 4.44. The Morgan fingerprint density at radius 3 is 2.08 bits per heavy atom. The van der Waals surface area contributed by atoms with E-state index in [9.17, 15) is 13.2 Å². The van der Waals surface area contributed by atoms with Gasteiger partial charge in [0.1, 0.15) is 0 Å². The lowest BCUT2D eigenvalue weighted by Gasteiger charge is -2.34. The Morgan fingerprint density at radius 2 is 1.52 bits per heavy atom. The summed E-state index contributed by atoms with van der Waals surface area (Å²) in [7, 11) is -3.24. The summed E-state index contributed by atoms with van der Waals surface area (Å²) in [5, 5.41) is 0. The first-order valence-electron chi connectivity index (χ1n) is 8.29. The topological polar surface area (TPSA) is 57.7 Å². The minimum absolute atomic E-state index is 0.0422. The van der Waals surface area contributed by atoms with Crippen molar-refractivity contribution in [1.82, 2.24) is 9.80 Å². The highest BCUT2D eigenvalue weighted by Gasteiger charge is 2.22. The van der Waals surface area contributed by atoms with E-state index < -0.39 is 9.84 Å². The first kappa shape index (κ1) is 17.6. The maximum Gasteiger partial charge on any atom is 0.253 e. The average molecular weight is 358 g/mol. The molecule has 3 rings (SSSR count). The van der Waals surface area contributed by atoms with Crippen molar-refractivity contribution < 1.29 is 13.2 Å². The molecule has 1 aliphatic rings. The van der Waals surface area contributed by atoms with Crippen molar-refractivity contribution in [3.8, 4) is 0 Å². The molecule has 132 valence electrons. The second kappa shape index (κ2) is 7.37. The van der Waals surface area contributed by atoms with Crippen LogP contribution in [0.3, 0.4) is 0 Å². The van der Waals surface area contributed by atoms with Gasteiger partial charge in [-0.2, -0.15) is 0 Å². The molecule has 2 aromatic carbocycles. The molecule has 0 saturated carbocycles. The maximum absolute atomic E-state index is 12.6. The van der Waals surface area contributed by atoms with Crippen molar-refractivity contribution in [3.63, 3.8) is 0 Å². The maximum atomic E-state index is 12.6. The number of hydrogen-bond acceptors (Lipinski definition) is 4. The van der Waals surface area contributed by atoms with Gasteiger partial charge in [0.05, 0.1) is 4.90 Å². The monoisotopic (exact) mass is 358 g/mol. The van der Waals surface area contributed by atoms with Crippen LogP contribution in [0.4, 0.5) is 0 Å². The minimum Gasteiger partial charge on any atom is -0.336 e. The summed E-state index contributed by atoms with van der Waals surface area (Å²) in [5.41, 5.74) is 1.81. The first-order valence-corrected chi connectivity index (χ1v) is 10.2. The van der Waals surface area contributed by atoms with Crippen molar-refractivity contribution in [2.45, 2.75) is 11.4 Å². The largest absolute Gasteiger partial charge is 0.336 e. The lowest BCUT2D eigenvalue weighted by Crippen LogP contribution is -2.48. The van der Waals surface area contributed by atoms with Crippen LogP contribution in [-0.4, -0.2) is 56.6 Å². The third kappa shape index (κ3) is 4.46. The van der Waals surface area contributed by atoms with Gasteiger partial charge in [0.15, 0.2) is 9.84 Å². The smallest absolute Gasteiger partial charge is 0.253 e. The predicted octanol–water partition coefficient (Wildman–Crippen LogP) is 2.05. The molecular formula is C19H22N2O3S. The Balaban J connectivity index is 1.58. The number of nitrogens with zero attached hydrogens (tertiary/aromatic N) is 2. The normalized spacial score (nSPS) is 16.0. The van der Waals surface area contributed by atoms with Crippen LogP contribution in [0.2, 0.25) is 0 Å². The molecule has 1 fully saturated rings. The molecule has 0 bridgehead atoms. The minimum atomic E-state index is -3.24.